The van der Waals surface area contributed by atoms with Gasteiger partial charge in [0.05, 0.1) is 23.3 Å². The van der Waals surface area contributed by atoms with Gasteiger partial charge in [0, 0.05) is 42.0 Å². The highest BCUT2D eigenvalue weighted by Crippen LogP contribution is 2.25. The quantitative estimate of drug-likeness (QED) is 0.322. The van der Waals surface area contributed by atoms with E-state index in [0.717, 1.165) is 24.4 Å². The van der Waals surface area contributed by atoms with Crippen molar-refractivity contribution >= 4 is 17.3 Å². The van der Waals surface area contributed by atoms with E-state index < -0.39 is 5.54 Å². The Hall–Kier alpha value is -3.68. The number of carbonyl (C=O) groups is 1. The second-order valence-electron chi connectivity index (χ2n) is 8.73. The predicted molar refractivity (Wildman–Crippen MR) is 130 cm³/mol. The number of nitrogens with one attached hydrogen (secondary N) is 2. The van der Waals surface area contributed by atoms with Crippen LogP contribution in [0.3, 0.4) is 0 Å². The lowest BCUT2D eigenvalue weighted by molar-refractivity contribution is 0.0880. The van der Waals surface area contributed by atoms with E-state index in [9.17, 15) is 4.79 Å². The van der Waals surface area contributed by atoms with Gasteiger partial charge in [-0.05, 0) is 51.5 Å². The molecule has 0 aliphatic heterocycles. The van der Waals surface area contributed by atoms with Gasteiger partial charge in [0.25, 0.3) is 5.91 Å². The van der Waals surface area contributed by atoms with E-state index in [4.69, 9.17) is 15.9 Å². The summed E-state index contributed by atoms with van der Waals surface area (Å²) in [6.45, 7) is 8.34. The van der Waals surface area contributed by atoms with Crippen molar-refractivity contribution in [2.45, 2.75) is 52.6 Å². The van der Waals surface area contributed by atoms with Gasteiger partial charge in [-0.1, -0.05) is 13.0 Å². The molecule has 1 aromatic carbocycles. The number of amides is 1. The Labute approximate surface area is 194 Å². The zero-order valence-electron chi connectivity index (χ0n) is 19.7. The zero-order chi connectivity index (χ0) is 24.0. The minimum atomic E-state index is -0.656. The molecule has 1 amide bonds. The highest BCUT2D eigenvalue weighted by molar-refractivity contribution is 6.03. The van der Waals surface area contributed by atoms with Gasteiger partial charge >= 0.3 is 0 Å². The van der Waals surface area contributed by atoms with Crippen molar-refractivity contribution < 1.29 is 9.53 Å². The standard InChI is InChI=1S/C25H32N6O2/c1-5-7-22-29-12-13-31(22)15-19-14-18(10-11-28-19)24(32)30-25(3,4)16-33-21-9-6-8-20(27)23(21)17(2)26/h6,8-14,26H,5,7,15-16,27H2,1-4H3,(H,30,32). The number of nitrogens with two attached hydrogens (primary N) is 1. The number of aromatic nitrogens is 3. The van der Waals surface area contributed by atoms with Crippen LogP contribution in [0.5, 0.6) is 5.75 Å². The van der Waals surface area contributed by atoms with E-state index >= 15 is 0 Å². The SMILES string of the molecule is CCCc1nccn1Cc1cc(C(=O)NC(C)(C)COc2cccc(N)c2C(C)=N)ccn1. The molecule has 0 saturated carbocycles. The third-order valence-electron chi connectivity index (χ3n) is 5.16. The van der Waals surface area contributed by atoms with Crippen LogP contribution >= 0.6 is 0 Å². The van der Waals surface area contributed by atoms with Crippen LogP contribution in [0.2, 0.25) is 0 Å². The molecular formula is C25H32N6O2. The fourth-order valence-electron chi connectivity index (χ4n) is 3.56. The molecule has 2 heterocycles. The molecule has 0 bridgehead atoms. The summed E-state index contributed by atoms with van der Waals surface area (Å²) in [5.41, 5.74) is 8.06. The normalized spacial score (nSPS) is 11.3. The van der Waals surface area contributed by atoms with E-state index in [-0.39, 0.29) is 12.5 Å². The smallest absolute Gasteiger partial charge is 0.251 e. The molecule has 0 spiro atoms. The average Bonchev–Trinajstić information content (AvgIpc) is 3.19. The van der Waals surface area contributed by atoms with Crippen LogP contribution < -0.4 is 15.8 Å². The van der Waals surface area contributed by atoms with Crippen LogP contribution in [0, 0.1) is 5.41 Å². The highest BCUT2D eigenvalue weighted by atomic mass is 16.5. The first kappa shape index (κ1) is 24.0. The molecule has 8 nitrogen and oxygen atoms in total. The maximum atomic E-state index is 13.0. The molecule has 0 aliphatic carbocycles. The van der Waals surface area contributed by atoms with Gasteiger partial charge in [0.15, 0.2) is 0 Å². The Morgan fingerprint density at radius 3 is 2.76 bits per heavy atom. The summed E-state index contributed by atoms with van der Waals surface area (Å²) in [5, 5.41) is 11.0. The third-order valence-corrected chi connectivity index (χ3v) is 5.16. The molecule has 33 heavy (non-hydrogen) atoms. The topological polar surface area (TPSA) is 119 Å². The lowest BCUT2D eigenvalue weighted by Gasteiger charge is -2.27. The van der Waals surface area contributed by atoms with Gasteiger partial charge in [0.2, 0.25) is 0 Å². The van der Waals surface area contributed by atoms with Crippen LogP contribution in [0.1, 0.15) is 61.6 Å². The summed E-state index contributed by atoms with van der Waals surface area (Å²) in [6, 6.07) is 8.80. The number of pyridine rings is 1. The molecule has 3 rings (SSSR count). The van der Waals surface area contributed by atoms with E-state index in [2.05, 4.69) is 26.8 Å². The number of rotatable bonds is 10. The van der Waals surface area contributed by atoms with Gasteiger partial charge in [-0.25, -0.2) is 4.98 Å². The number of nitrogens with zero attached hydrogens (tertiary/aromatic N) is 3. The minimum Gasteiger partial charge on any atom is -0.490 e. The molecule has 174 valence electrons. The molecule has 4 N–H and O–H groups in total. The van der Waals surface area contributed by atoms with E-state index in [0.29, 0.717) is 34.8 Å². The number of imidazole rings is 1. The van der Waals surface area contributed by atoms with Gasteiger partial charge in [0.1, 0.15) is 18.2 Å². The van der Waals surface area contributed by atoms with Crippen LogP contribution in [-0.2, 0) is 13.0 Å². The third kappa shape index (κ3) is 6.19. The Kier molecular flexibility index (Phi) is 7.48. The Morgan fingerprint density at radius 1 is 1.24 bits per heavy atom. The number of hydrogen-bond acceptors (Lipinski definition) is 6. The molecule has 0 radical (unpaired) electrons. The van der Waals surface area contributed by atoms with Crippen molar-refractivity contribution in [3.63, 3.8) is 0 Å². The van der Waals surface area contributed by atoms with Crippen molar-refractivity contribution in [3.8, 4) is 5.75 Å². The molecule has 0 fully saturated rings. The minimum absolute atomic E-state index is 0.206. The molecular weight excluding hydrogens is 416 g/mol. The molecule has 0 saturated heterocycles. The number of nitrogen functional groups attached to an aromatic ring is 1. The summed E-state index contributed by atoms with van der Waals surface area (Å²) in [7, 11) is 0. The lowest BCUT2D eigenvalue weighted by Crippen LogP contribution is -2.48. The first-order valence-electron chi connectivity index (χ1n) is 11.0. The second-order valence-corrected chi connectivity index (χ2v) is 8.73. The number of hydrogen-bond donors (Lipinski definition) is 3. The molecule has 0 unspecified atom stereocenters. The first-order chi connectivity index (χ1) is 15.7. The summed E-state index contributed by atoms with van der Waals surface area (Å²) >= 11 is 0. The van der Waals surface area contributed by atoms with Crippen molar-refractivity contribution in [3.05, 3.63) is 71.6 Å². The first-order valence-corrected chi connectivity index (χ1v) is 11.0. The molecule has 2 aromatic heterocycles. The molecule has 0 atom stereocenters. The number of benzene rings is 1. The van der Waals surface area contributed by atoms with Gasteiger partial charge in [-0.15, -0.1) is 0 Å². The maximum absolute atomic E-state index is 13.0. The monoisotopic (exact) mass is 448 g/mol. The summed E-state index contributed by atoms with van der Waals surface area (Å²) in [5.74, 6) is 1.33. The Bertz CT molecular complexity index is 1140. The van der Waals surface area contributed by atoms with Crippen molar-refractivity contribution in [1.82, 2.24) is 19.9 Å². The average molecular weight is 449 g/mol. The summed E-state index contributed by atoms with van der Waals surface area (Å²) < 4.78 is 8.01. The fourth-order valence-corrected chi connectivity index (χ4v) is 3.56. The number of ether oxygens (including phenoxy) is 1. The Balaban J connectivity index is 1.67. The number of carbonyl (C=O) groups excluding carboxylic acids is 1. The van der Waals surface area contributed by atoms with Gasteiger partial charge in [-0.3, -0.25) is 9.78 Å². The lowest BCUT2D eigenvalue weighted by atomic mass is 10.0. The molecule has 0 aliphatic rings. The van der Waals surface area contributed by atoms with Crippen LogP contribution in [0.25, 0.3) is 0 Å². The van der Waals surface area contributed by atoms with Gasteiger partial charge < -0.3 is 25.8 Å². The summed E-state index contributed by atoms with van der Waals surface area (Å²) in [4.78, 5) is 21.8. The van der Waals surface area contributed by atoms with E-state index in [1.54, 1.807) is 49.6 Å². The van der Waals surface area contributed by atoms with Crippen molar-refractivity contribution in [2.24, 2.45) is 0 Å². The highest BCUT2D eigenvalue weighted by Gasteiger charge is 2.23. The fraction of sp³-hybridized carbons (Fsp3) is 0.360. The maximum Gasteiger partial charge on any atom is 0.251 e. The summed E-state index contributed by atoms with van der Waals surface area (Å²) in [6.07, 6.45) is 7.28. The number of aryl methyl sites for hydroxylation is 1. The van der Waals surface area contributed by atoms with E-state index in [1.807, 2.05) is 20.0 Å². The predicted octanol–water partition coefficient (Wildman–Crippen LogP) is 3.84. The van der Waals surface area contributed by atoms with Crippen LogP contribution in [-0.4, -0.2) is 38.3 Å². The Morgan fingerprint density at radius 2 is 2.03 bits per heavy atom. The molecule has 8 heteroatoms. The zero-order valence-corrected chi connectivity index (χ0v) is 19.7. The van der Waals surface area contributed by atoms with Gasteiger partial charge in [-0.2, -0.15) is 0 Å². The largest absolute Gasteiger partial charge is 0.490 e. The molecule has 3 aromatic rings. The van der Waals surface area contributed by atoms with Crippen LogP contribution in [0.4, 0.5) is 5.69 Å². The van der Waals surface area contributed by atoms with E-state index in [1.165, 1.54) is 0 Å². The van der Waals surface area contributed by atoms with Crippen molar-refractivity contribution in [1.29, 1.82) is 5.41 Å². The second kappa shape index (κ2) is 10.3. The number of anilines is 1. The van der Waals surface area contributed by atoms with Crippen LogP contribution in [0.15, 0.2) is 48.9 Å². The van der Waals surface area contributed by atoms with Crippen molar-refractivity contribution in [2.75, 3.05) is 12.3 Å².